The van der Waals surface area contributed by atoms with Crippen LogP contribution >= 0.6 is 15.9 Å². The molecule has 0 aliphatic rings. The smallest absolute Gasteiger partial charge is 0.217 e. The van der Waals surface area contributed by atoms with Crippen molar-refractivity contribution in [1.29, 1.82) is 0 Å². The monoisotopic (exact) mass is 231 g/mol. The molecule has 1 aromatic rings. The van der Waals surface area contributed by atoms with Crippen molar-refractivity contribution in [3.8, 4) is 0 Å². The van der Waals surface area contributed by atoms with Crippen LogP contribution < -0.4 is 0 Å². The Kier molecular flexibility index (Phi) is 3.26. The van der Waals surface area contributed by atoms with Gasteiger partial charge in [-0.2, -0.15) is 0 Å². The van der Waals surface area contributed by atoms with E-state index in [4.69, 9.17) is 0 Å². The number of aryl methyl sites for hydroxylation is 1. The van der Waals surface area contributed by atoms with Gasteiger partial charge >= 0.3 is 0 Å². The summed E-state index contributed by atoms with van der Waals surface area (Å²) in [6.07, 6.45) is 2.19. The predicted molar refractivity (Wildman–Crippen MR) is 51.9 cm³/mol. The summed E-state index contributed by atoms with van der Waals surface area (Å²) in [6.45, 7) is 4.42. The van der Waals surface area contributed by atoms with E-state index in [1.54, 1.807) is 0 Å². The molecule has 0 aliphatic heterocycles. The van der Waals surface area contributed by atoms with E-state index in [0.29, 0.717) is 10.7 Å². The molecule has 4 heteroatoms. The Hall–Kier alpha value is -0.380. The van der Waals surface area contributed by atoms with E-state index in [0.717, 1.165) is 12.2 Å². The highest BCUT2D eigenvalue weighted by Crippen LogP contribution is 2.11. The molecule has 0 amide bonds. The van der Waals surface area contributed by atoms with Crippen molar-refractivity contribution in [2.24, 2.45) is 13.0 Å². The molecule has 1 rings (SSSR count). The first kappa shape index (κ1) is 9.71. The maximum absolute atomic E-state index is 4.27. The van der Waals surface area contributed by atoms with Gasteiger partial charge in [-0.3, -0.25) is 4.68 Å². The van der Waals surface area contributed by atoms with Crippen LogP contribution in [0, 0.1) is 5.92 Å². The maximum atomic E-state index is 4.27. The van der Waals surface area contributed by atoms with Crippen LogP contribution in [0.1, 0.15) is 26.1 Å². The lowest BCUT2D eigenvalue weighted by Crippen LogP contribution is -2.05. The van der Waals surface area contributed by atoms with Crippen molar-refractivity contribution in [1.82, 2.24) is 14.8 Å². The van der Waals surface area contributed by atoms with Gasteiger partial charge in [-0.25, -0.2) is 4.98 Å². The van der Waals surface area contributed by atoms with Crippen molar-refractivity contribution < 1.29 is 0 Å². The summed E-state index contributed by atoms with van der Waals surface area (Å²) >= 11 is 3.25. The maximum Gasteiger partial charge on any atom is 0.217 e. The second-order valence-corrected chi connectivity index (χ2v) is 3.85. The van der Waals surface area contributed by atoms with Gasteiger partial charge < -0.3 is 0 Å². The number of aromatic nitrogens is 3. The molecular formula is C8H14BrN3. The highest BCUT2D eigenvalue weighted by atomic mass is 79.9. The SMILES string of the molecule is CCC(C)Cc1nc(Br)nn1C. The Morgan fingerprint density at radius 1 is 1.58 bits per heavy atom. The fourth-order valence-corrected chi connectivity index (χ4v) is 1.46. The van der Waals surface area contributed by atoms with Crippen molar-refractivity contribution in [3.05, 3.63) is 10.6 Å². The van der Waals surface area contributed by atoms with Gasteiger partial charge in [0.25, 0.3) is 0 Å². The van der Waals surface area contributed by atoms with Crippen LogP contribution in [0.25, 0.3) is 0 Å². The van der Waals surface area contributed by atoms with Gasteiger partial charge in [0.05, 0.1) is 0 Å². The van der Waals surface area contributed by atoms with Crippen LogP contribution in [0.3, 0.4) is 0 Å². The summed E-state index contributed by atoms with van der Waals surface area (Å²) in [6, 6.07) is 0. The first-order valence-corrected chi connectivity index (χ1v) is 4.98. The zero-order chi connectivity index (χ0) is 9.14. The molecule has 1 heterocycles. The molecule has 0 fully saturated rings. The fourth-order valence-electron chi connectivity index (χ4n) is 1.02. The van der Waals surface area contributed by atoms with Gasteiger partial charge in [0.1, 0.15) is 5.82 Å². The van der Waals surface area contributed by atoms with Crippen LogP contribution in [-0.4, -0.2) is 14.8 Å². The molecule has 0 N–H and O–H groups in total. The molecule has 0 radical (unpaired) electrons. The lowest BCUT2D eigenvalue weighted by atomic mass is 10.1. The van der Waals surface area contributed by atoms with Crippen molar-refractivity contribution in [2.75, 3.05) is 0 Å². The molecule has 1 atom stereocenters. The van der Waals surface area contributed by atoms with E-state index in [1.807, 2.05) is 11.7 Å². The Morgan fingerprint density at radius 2 is 2.25 bits per heavy atom. The minimum atomic E-state index is 0.680. The van der Waals surface area contributed by atoms with E-state index in [2.05, 4.69) is 39.9 Å². The Labute approximate surface area is 81.3 Å². The molecule has 1 aromatic heterocycles. The largest absolute Gasteiger partial charge is 0.252 e. The zero-order valence-electron chi connectivity index (χ0n) is 7.71. The summed E-state index contributed by atoms with van der Waals surface area (Å²) in [4.78, 5) is 4.27. The molecule has 68 valence electrons. The van der Waals surface area contributed by atoms with Crippen LogP contribution in [0.4, 0.5) is 0 Å². The molecule has 0 saturated heterocycles. The van der Waals surface area contributed by atoms with Gasteiger partial charge in [0.2, 0.25) is 4.73 Å². The first-order chi connectivity index (χ1) is 5.63. The number of nitrogens with zero attached hydrogens (tertiary/aromatic N) is 3. The fraction of sp³-hybridized carbons (Fsp3) is 0.750. The summed E-state index contributed by atoms with van der Waals surface area (Å²) in [7, 11) is 1.93. The highest BCUT2D eigenvalue weighted by molar-refractivity contribution is 9.10. The second kappa shape index (κ2) is 4.03. The molecule has 0 spiro atoms. The summed E-state index contributed by atoms with van der Waals surface area (Å²) in [5, 5.41) is 4.12. The zero-order valence-corrected chi connectivity index (χ0v) is 9.30. The Bertz CT molecular complexity index is 257. The average Bonchev–Trinajstić information content (AvgIpc) is 2.30. The average molecular weight is 232 g/mol. The molecule has 0 bridgehead atoms. The number of hydrogen-bond donors (Lipinski definition) is 0. The van der Waals surface area contributed by atoms with Crippen LogP contribution in [-0.2, 0) is 13.5 Å². The summed E-state index contributed by atoms with van der Waals surface area (Å²) < 4.78 is 2.51. The van der Waals surface area contributed by atoms with Crippen molar-refractivity contribution in [2.45, 2.75) is 26.7 Å². The lowest BCUT2D eigenvalue weighted by molar-refractivity contribution is 0.524. The van der Waals surface area contributed by atoms with E-state index in [-0.39, 0.29) is 0 Å². The number of rotatable bonds is 3. The highest BCUT2D eigenvalue weighted by Gasteiger charge is 2.07. The Balaban J connectivity index is 2.68. The first-order valence-electron chi connectivity index (χ1n) is 4.19. The topological polar surface area (TPSA) is 30.7 Å². The standard InChI is InChI=1S/C8H14BrN3/c1-4-6(2)5-7-10-8(9)11-12(7)3/h6H,4-5H2,1-3H3. The molecule has 0 saturated carbocycles. The van der Waals surface area contributed by atoms with Crippen LogP contribution in [0.2, 0.25) is 0 Å². The third kappa shape index (κ3) is 2.30. The van der Waals surface area contributed by atoms with Gasteiger partial charge in [-0.1, -0.05) is 20.3 Å². The van der Waals surface area contributed by atoms with Crippen molar-refractivity contribution >= 4 is 15.9 Å². The lowest BCUT2D eigenvalue weighted by Gasteiger charge is -2.05. The summed E-state index contributed by atoms with van der Waals surface area (Å²) in [5.41, 5.74) is 0. The quantitative estimate of drug-likeness (QED) is 0.799. The van der Waals surface area contributed by atoms with E-state index in [1.165, 1.54) is 6.42 Å². The normalized spacial score (nSPS) is 13.3. The predicted octanol–water partition coefficient (Wildman–Crippen LogP) is 2.17. The molecule has 12 heavy (non-hydrogen) atoms. The minimum Gasteiger partial charge on any atom is -0.252 e. The van der Waals surface area contributed by atoms with Crippen molar-refractivity contribution in [3.63, 3.8) is 0 Å². The van der Waals surface area contributed by atoms with Crippen LogP contribution in [0.5, 0.6) is 0 Å². The van der Waals surface area contributed by atoms with E-state index in [9.17, 15) is 0 Å². The molecule has 1 unspecified atom stereocenters. The number of hydrogen-bond acceptors (Lipinski definition) is 2. The van der Waals surface area contributed by atoms with Gasteiger partial charge in [0.15, 0.2) is 0 Å². The second-order valence-electron chi connectivity index (χ2n) is 3.14. The summed E-state index contributed by atoms with van der Waals surface area (Å²) in [5.74, 6) is 1.73. The molecule has 0 aromatic carbocycles. The van der Waals surface area contributed by atoms with E-state index < -0.39 is 0 Å². The third-order valence-electron chi connectivity index (χ3n) is 2.06. The van der Waals surface area contributed by atoms with Gasteiger partial charge in [-0.15, -0.1) is 5.10 Å². The van der Waals surface area contributed by atoms with Gasteiger partial charge in [-0.05, 0) is 21.8 Å². The molecule has 3 nitrogen and oxygen atoms in total. The molecular weight excluding hydrogens is 218 g/mol. The Morgan fingerprint density at radius 3 is 2.67 bits per heavy atom. The van der Waals surface area contributed by atoms with Crippen LogP contribution in [0.15, 0.2) is 4.73 Å². The minimum absolute atomic E-state index is 0.680. The third-order valence-corrected chi connectivity index (χ3v) is 2.39. The van der Waals surface area contributed by atoms with E-state index >= 15 is 0 Å². The number of halogens is 1. The molecule has 0 aliphatic carbocycles. The van der Waals surface area contributed by atoms with Gasteiger partial charge in [0, 0.05) is 13.5 Å².